The van der Waals surface area contributed by atoms with Crippen LogP contribution in [0, 0.1) is 0 Å². The summed E-state index contributed by atoms with van der Waals surface area (Å²) in [6.07, 6.45) is 3.15. The van der Waals surface area contributed by atoms with Crippen molar-refractivity contribution in [1.29, 1.82) is 0 Å². The molecule has 4 heteroatoms. The average molecular weight is 229 g/mol. The number of hydrogen-bond acceptors (Lipinski definition) is 3. The zero-order chi connectivity index (χ0) is 9.14. The minimum atomic E-state index is -0.469. The van der Waals surface area contributed by atoms with Crippen LogP contribution in [0.5, 0.6) is 0 Å². The molecular weight excluding hydrogens is 220 g/mol. The molecule has 12 heavy (non-hydrogen) atoms. The van der Waals surface area contributed by atoms with Gasteiger partial charge in [-0.3, -0.25) is 9.78 Å². The lowest BCUT2D eigenvalue weighted by Crippen LogP contribution is -2.26. The van der Waals surface area contributed by atoms with Crippen LogP contribution in [-0.2, 0) is 0 Å². The highest BCUT2D eigenvalue weighted by Crippen LogP contribution is 2.15. The highest BCUT2D eigenvalue weighted by atomic mass is 79.9. The second kappa shape index (κ2) is 3.78. The summed E-state index contributed by atoms with van der Waals surface area (Å²) in [6, 6.07) is 1.18. The van der Waals surface area contributed by atoms with Crippen LogP contribution < -0.4 is 5.73 Å². The number of rotatable bonds is 2. The van der Waals surface area contributed by atoms with Gasteiger partial charge in [-0.2, -0.15) is 0 Å². The van der Waals surface area contributed by atoms with Gasteiger partial charge in [0.25, 0.3) is 0 Å². The van der Waals surface area contributed by atoms with Gasteiger partial charge in [0, 0.05) is 22.4 Å². The number of ketones is 1. The Kier molecular flexibility index (Phi) is 2.94. The largest absolute Gasteiger partial charge is 0.321 e. The first-order chi connectivity index (χ1) is 5.63. The molecule has 0 spiro atoms. The fourth-order valence-corrected chi connectivity index (χ4v) is 1.27. The molecule has 0 saturated heterocycles. The fourth-order valence-electron chi connectivity index (χ4n) is 0.820. The number of aromatic nitrogens is 1. The van der Waals surface area contributed by atoms with Crippen molar-refractivity contribution in [1.82, 2.24) is 4.98 Å². The molecule has 1 aromatic heterocycles. The molecule has 64 valence electrons. The number of halogens is 1. The first-order valence-electron chi connectivity index (χ1n) is 3.52. The fraction of sp³-hybridized carbons (Fsp3) is 0.250. The van der Waals surface area contributed by atoms with Gasteiger partial charge in [-0.15, -0.1) is 0 Å². The molecule has 3 nitrogen and oxygen atoms in total. The Labute approximate surface area is 79.1 Å². The maximum atomic E-state index is 11.4. The normalized spacial score (nSPS) is 12.6. The molecule has 0 bridgehead atoms. The van der Waals surface area contributed by atoms with Crippen molar-refractivity contribution < 1.29 is 4.79 Å². The van der Waals surface area contributed by atoms with Crippen molar-refractivity contribution in [2.75, 3.05) is 0 Å². The smallest absolute Gasteiger partial charge is 0.180 e. The van der Waals surface area contributed by atoms with Crippen molar-refractivity contribution in [3.8, 4) is 0 Å². The van der Waals surface area contributed by atoms with Crippen LogP contribution in [0.25, 0.3) is 0 Å². The van der Waals surface area contributed by atoms with E-state index in [0.29, 0.717) is 10.0 Å². The van der Waals surface area contributed by atoms with Crippen molar-refractivity contribution in [3.63, 3.8) is 0 Å². The van der Waals surface area contributed by atoms with E-state index in [1.165, 1.54) is 0 Å². The Morgan fingerprint density at radius 2 is 2.42 bits per heavy atom. The summed E-state index contributed by atoms with van der Waals surface area (Å²) in [4.78, 5) is 15.2. The summed E-state index contributed by atoms with van der Waals surface area (Å²) in [5, 5.41) is 0. The Balaban J connectivity index is 3.03. The Bertz CT molecular complexity index is 299. The van der Waals surface area contributed by atoms with Crippen molar-refractivity contribution in [3.05, 3.63) is 28.5 Å². The summed E-state index contributed by atoms with van der Waals surface area (Å²) in [7, 11) is 0. The van der Waals surface area contributed by atoms with Crippen molar-refractivity contribution >= 4 is 21.7 Å². The van der Waals surface area contributed by atoms with E-state index < -0.39 is 6.04 Å². The van der Waals surface area contributed by atoms with Crippen LogP contribution in [-0.4, -0.2) is 16.8 Å². The quantitative estimate of drug-likeness (QED) is 0.779. The lowest BCUT2D eigenvalue weighted by atomic mass is 10.1. The maximum absolute atomic E-state index is 11.4. The van der Waals surface area contributed by atoms with Crippen molar-refractivity contribution in [2.45, 2.75) is 13.0 Å². The highest BCUT2D eigenvalue weighted by molar-refractivity contribution is 9.10. The zero-order valence-corrected chi connectivity index (χ0v) is 8.21. The van der Waals surface area contributed by atoms with E-state index in [2.05, 4.69) is 20.9 Å². The number of pyridine rings is 1. The molecule has 0 amide bonds. The summed E-state index contributed by atoms with van der Waals surface area (Å²) < 4.78 is 0.687. The number of carbonyl (C=O) groups is 1. The van der Waals surface area contributed by atoms with Crippen LogP contribution in [0.2, 0.25) is 0 Å². The predicted octanol–water partition coefficient (Wildman–Crippen LogP) is 1.37. The van der Waals surface area contributed by atoms with E-state index >= 15 is 0 Å². The van der Waals surface area contributed by atoms with Crippen LogP contribution >= 0.6 is 15.9 Å². The van der Waals surface area contributed by atoms with E-state index in [0.717, 1.165) is 0 Å². The lowest BCUT2D eigenvalue weighted by molar-refractivity contribution is 0.0967. The number of carbonyl (C=O) groups excluding carboxylic acids is 1. The van der Waals surface area contributed by atoms with Gasteiger partial charge < -0.3 is 5.73 Å². The number of nitrogens with zero attached hydrogens (tertiary/aromatic N) is 1. The van der Waals surface area contributed by atoms with Crippen LogP contribution in [0.15, 0.2) is 22.9 Å². The van der Waals surface area contributed by atoms with E-state index in [4.69, 9.17) is 5.73 Å². The third-order valence-corrected chi connectivity index (χ3v) is 2.08. The van der Waals surface area contributed by atoms with Gasteiger partial charge in [0.05, 0.1) is 6.04 Å². The average Bonchev–Trinajstić information content (AvgIpc) is 2.04. The Morgan fingerprint density at radius 3 is 2.92 bits per heavy atom. The molecule has 1 heterocycles. The van der Waals surface area contributed by atoms with Crippen LogP contribution in [0.3, 0.4) is 0 Å². The minimum absolute atomic E-state index is 0.0794. The van der Waals surface area contributed by atoms with Gasteiger partial charge in [-0.05, 0) is 28.9 Å². The molecule has 1 aromatic rings. The maximum Gasteiger partial charge on any atom is 0.180 e. The summed E-state index contributed by atoms with van der Waals surface area (Å²) in [5.74, 6) is -0.0794. The molecule has 0 aliphatic heterocycles. The molecule has 1 atom stereocenters. The van der Waals surface area contributed by atoms with Gasteiger partial charge in [-0.25, -0.2) is 0 Å². The van der Waals surface area contributed by atoms with E-state index in [-0.39, 0.29) is 5.78 Å². The molecule has 0 fully saturated rings. The van der Waals surface area contributed by atoms with E-state index in [1.54, 1.807) is 25.4 Å². The zero-order valence-electron chi connectivity index (χ0n) is 6.62. The molecule has 2 N–H and O–H groups in total. The molecule has 1 rings (SSSR count). The number of hydrogen-bond donors (Lipinski definition) is 1. The summed E-state index contributed by atoms with van der Waals surface area (Å²) in [5.41, 5.74) is 6.03. The van der Waals surface area contributed by atoms with E-state index in [1.807, 2.05) is 0 Å². The summed E-state index contributed by atoms with van der Waals surface area (Å²) >= 11 is 3.23. The second-order valence-electron chi connectivity index (χ2n) is 2.51. The standard InChI is InChI=1S/C8H9BrN2O/c1-5(10)8(12)6-2-3-11-4-7(6)9/h2-5H,10H2,1H3. The topological polar surface area (TPSA) is 56.0 Å². The molecule has 1 unspecified atom stereocenters. The predicted molar refractivity (Wildman–Crippen MR) is 49.9 cm³/mol. The first-order valence-corrected chi connectivity index (χ1v) is 4.31. The van der Waals surface area contributed by atoms with E-state index in [9.17, 15) is 4.79 Å². The van der Waals surface area contributed by atoms with Gasteiger partial charge >= 0.3 is 0 Å². The molecule has 0 aliphatic carbocycles. The molecule has 0 aromatic carbocycles. The second-order valence-corrected chi connectivity index (χ2v) is 3.36. The summed E-state index contributed by atoms with van der Waals surface area (Å²) in [6.45, 7) is 1.66. The molecule has 0 saturated carbocycles. The Morgan fingerprint density at radius 1 is 1.75 bits per heavy atom. The SMILES string of the molecule is CC(N)C(=O)c1ccncc1Br. The Hall–Kier alpha value is -0.740. The van der Waals surface area contributed by atoms with Gasteiger partial charge in [0.15, 0.2) is 5.78 Å². The molecule has 0 radical (unpaired) electrons. The highest BCUT2D eigenvalue weighted by Gasteiger charge is 2.13. The van der Waals surface area contributed by atoms with Gasteiger partial charge in [0.1, 0.15) is 0 Å². The van der Waals surface area contributed by atoms with Crippen molar-refractivity contribution in [2.24, 2.45) is 5.73 Å². The number of Topliss-reactive ketones (excluding diaryl/α,β-unsaturated/α-hetero) is 1. The van der Waals surface area contributed by atoms with Crippen LogP contribution in [0.1, 0.15) is 17.3 Å². The molecular formula is C8H9BrN2O. The number of nitrogens with two attached hydrogens (primary N) is 1. The molecule has 0 aliphatic rings. The minimum Gasteiger partial charge on any atom is -0.321 e. The van der Waals surface area contributed by atoms with Gasteiger partial charge in [0.2, 0.25) is 0 Å². The third kappa shape index (κ3) is 1.89. The monoisotopic (exact) mass is 228 g/mol. The first kappa shape index (κ1) is 9.35. The lowest BCUT2D eigenvalue weighted by Gasteiger charge is -2.04. The van der Waals surface area contributed by atoms with Gasteiger partial charge in [-0.1, -0.05) is 0 Å². The van der Waals surface area contributed by atoms with Crippen LogP contribution in [0.4, 0.5) is 0 Å². The third-order valence-electron chi connectivity index (χ3n) is 1.45.